The Hall–Kier alpha value is -1.28. The van der Waals surface area contributed by atoms with Gasteiger partial charge in [0.15, 0.2) is 9.84 Å². The Bertz CT molecular complexity index is 712. The molecule has 1 heterocycles. The number of nitrogens with zero attached hydrogens (tertiary/aromatic N) is 1. The van der Waals surface area contributed by atoms with E-state index in [0.717, 1.165) is 5.69 Å². The zero-order valence-corrected chi connectivity index (χ0v) is 14.5. The minimum atomic E-state index is -3.29. The molecule has 6 nitrogen and oxygen atoms in total. The van der Waals surface area contributed by atoms with Crippen LogP contribution in [0.4, 0.5) is 11.4 Å². The highest BCUT2D eigenvalue weighted by molar-refractivity contribution is 7.92. The molecule has 1 unspecified atom stereocenters. The van der Waals surface area contributed by atoms with Gasteiger partial charge in [0.1, 0.15) is 0 Å². The Balaban J connectivity index is 2.14. The molecule has 0 spiro atoms. The maximum Gasteiger partial charge on any atom is 0.232 e. The Labute approximate surface area is 132 Å². The number of rotatable bonds is 6. The molecule has 1 fully saturated rings. The summed E-state index contributed by atoms with van der Waals surface area (Å²) in [7, 11) is -6.21. The van der Waals surface area contributed by atoms with Crippen LogP contribution in [0.25, 0.3) is 0 Å². The van der Waals surface area contributed by atoms with Gasteiger partial charge < -0.3 is 4.90 Å². The molecule has 1 atom stereocenters. The fraction of sp³-hybridized carbons (Fsp3) is 0.571. The van der Waals surface area contributed by atoms with E-state index in [4.69, 9.17) is 0 Å². The van der Waals surface area contributed by atoms with Crippen LogP contribution in [0.2, 0.25) is 0 Å². The Kier molecular flexibility index (Phi) is 5.01. The van der Waals surface area contributed by atoms with Crippen molar-refractivity contribution in [1.29, 1.82) is 0 Å². The molecule has 1 aromatic carbocycles. The molecule has 0 radical (unpaired) electrons. The minimum Gasteiger partial charge on any atom is -0.368 e. The van der Waals surface area contributed by atoms with Crippen molar-refractivity contribution in [3.05, 3.63) is 24.3 Å². The van der Waals surface area contributed by atoms with Crippen molar-refractivity contribution in [3.63, 3.8) is 0 Å². The van der Waals surface area contributed by atoms with E-state index in [1.165, 1.54) is 0 Å². The molecule has 2 rings (SSSR count). The van der Waals surface area contributed by atoms with Crippen molar-refractivity contribution in [2.75, 3.05) is 33.4 Å². The van der Waals surface area contributed by atoms with E-state index in [1.54, 1.807) is 19.1 Å². The van der Waals surface area contributed by atoms with E-state index in [-0.39, 0.29) is 23.3 Å². The molecule has 8 heteroatoms. The van der Waals surface area contributed by atoms with Crippen molar-refractivity contribution < 1.29 is 16.8 Å². The quantitative estimate of drug-likeness (QED) is 0.843. The summed E-state index contributed by atoms with van der Waals surface area (Å²) in [6.45, 7) is 4.27. The number of sulfone groups is 1. The molecular formula is C14H22N2O4S2. The summed E-state index contributed by atoms with van der Waals surface area (Å²) in [6, 6.07) is 7.04. The van der Waals surface area contributed by atoms with Gasteiger partial charge in [-0.3, -0.25) is 4.72 Å². The van der Waals surface area contributed by atoms with E-state index >= 15 is 0 Å². The molecule has 0 bridgehead atoms. The molecule has 0 aromatic heterocycles. The van der Waals surface area contributed by atoms with E-state index < -0.39 is 19.9 Å². The standard InChI is InChI=1S/C14H22N2O4S2/c1-3-16(14-9-10-21(17,18)11-14)13-7-5-12(6-8-13)15-22(19,20)4-2/h5-8,14-15H,3-4,9-11H2,1-2H3. The van der Waals surface area contributed by atoms with Crippen LogP contribution in [0.15, 0.2) is 24.3 Å². The van der Waals surface area contributed by atoms with Gasteiger partial charge in [-0.15, -0.1) is 0 Å². The molecule has 124 valence electrons. The van der Waals surface area contributed by atoms with Gasteiger partial charge in [0.2, 0.25) is 10.0 Å². The van der Waals surface area contributed by atoms with Gasteiger partial charge >= 0.3 is 0 Å². The lowest BCUT2D eigenvalue weighted by Crippen LogP contribution is -2.36. The van der Waals surface area contributed by atoms with Crippen molar-refractivity contribution in [2.24, 2.45) is 0 Å². The first-order valence-electron chi connectivity index (χ1n) is 7.34. The topological polar surface area (TPSA) is 83.6 Å². The van der Waals surface area contributed by atoms with Gasteiger partial charge in [-0.25, -0.2) is 16.8 Å². The maximum atomic E-state index is 11.6. The molecule has 0 amide bonds. The van der Waals surface area contributed by atoms with Crippen LogP contribution < -0.4 is 9.62 Å². The van der Waals surface area contributed by atoms with Crippen LogP contribution in [0, 0.1) is 0 Å². The smallest absolute Gasteiger partial charge is 0.232 e. The van der Waals surface area contributed by atoms with Crippen LogP contribution in [-0.2, 0) is 19.9 Å². The maximum absolute atomic E-state index is 11.6. The second-order valence-corrected chi connectivity index (χ2v) is 9.63. The number of benzene rings is 1. The lowest BCUT2D eigenvalue weighted by molar-refractivity contribution is 0.599. The monoisotopic (exact) mass is 346 g/mol. The second kappa shape index (κ2) is 6.45. The summed E-state index contributed by atoms with van der Waals surface area (Å²) in [5.74, 6) is 0.448. The predicted molar refractivity (Wildman–Crippen MR) is 89.6 cm³/mol. The van der Waals surface area contributed by atoms with Gasteiger partial charge in [0, 0.05) is 24.0 Å². The first kappa shape index (κ1) is 17.1. The van der Waals surface area contributed by atoms with E-state index in [1.807, 2.05) is 19.1 Å². The van der Waals surface area contributed by atoms with Crippen LogP contribution in [0.5, 0.6) is 0 Å². The van der Waals surface area contributed by atoms with Crippen LogP contribution >= 0.6 is 0 Å². The molecule has 1 aliphatic heterocycles. The zero-order valence-electron chi connectivity index (χ0n) is 12.8. The summed E-state index contributed by atoms with van der Waals surface area (Å²) < 4.78 is 48.8. The van der Waals surface area contributed by atoms with Crippen LogP contribution in [-0.4, -0.2) is 46.7 Å². The SMILES string of the molecule is CCN(c1ccc(NS(=O)(=O)CC)cc1)C1CCS(=O)(=O)C1. The van der Waals surface area contributed by atoms with Crippen molar-refractivity contribution in [2.45, 2.75) is 26.3 Å². The fourth-order valence-electron chi connectivity index (χ4n) is 2.65. The lowest BCUT2D eigenvalue weighted by atomic mass is 10.2. The zero-order chi connectivity index (χ0) is 16.4. The average Bonchev–Trinajstić information content (AvgIpc) is 2.81. The molecule has 1 aliphatic rings. The largest absolute Gasteiger partial charge is 0.368 e. The number of nitrogens with one attached hydrogen (secondary N) is 1. The summed E-state index contributed by atoms with van der Waals surface area (Å²) in [6.07, 6.45) is 0.639. The third kappa shape index (κ3) is 4.13. The van der Waals surface area contributed by atoms with Gasteiger partial charge in [-0.2, -0.15) is 0 Å². The second-order valence-electron chi connectivity index (χ2n) is 5.40. The third-order valence-corrected chi connectivity index (χ3v) is 6.90. The molecule has 1 aromatic rings. The van der Waals surface area contributed by atoms with Crippen LogP contribution in [0.3, 0.4) is 0 Å². The predicted octanol–water partition coefficient (Wildman–Crippen LogP) is 1.46. The molecule has 0 saturated carbocycles. The summed E-state index contributed by atoms with van der Waals surface area (Å²) >= 11 is 0. The van der Waals surface area contributed by atoms with Gasteiger partial charge in [0.25, 0.3) is 0 Å². The molecule has 1 saturated heterocycles. The highest BCUT2D eigenvalue weighted by Crippen LogP contribution is 2.25. The highest BCUT2D eigenvalue weighted by atomic mass is 32.2. The minimum absolute atomic E-state index is 0.00631. The van der Waals surface area contributed by atoms with Crippen molar-refractivity contribution in [1.82, 2.24) is 0 Å². The molecule has 1 N–H and O–H groups in total. The average molecular weight is 346 g/mol. The number of hydrogen-bond acceptors (Lipinski definition) is 5. The molecular weight excluding hydrogens is 324 g/mol. The number of sulfonamides is 1. The Morgan fingerprint density at radius 2 is 1.86 bits per heavy atom. The lowest BCUT2D eigenvalue weighted by Gasteiger charge is -2.29. The first-order valence-corrected chi connectivity index (χ1v) is 10.8. The van der Waals surface area contributed by atoms with E-state index in [2.05, 4.69) is 9.62 Å². The summed E-state index contributed by atoms with van der Waals surface area (Å²) in [4.78, 5) is 2.06. The number of hydrogen-bond donors (Lipinski definition) is 1. The van der Waals surface area contributed by atoms with Crippen LogP contribution in [0.1, 0.15) is 20.3 Å². The summed E-state index contributed by atoms with van der Waals surface area (Å²) in [5.41, 5.74) is 1.42. The van der Waals surface area contributed by atoms with Gasteiger partial charge in [-0.1, -0.05) is 0 Å². The Morgan fingerprint density at radius 3 is 2.32 bits per heavy atom. The summed E-state index contributed by atoms with van der Waals surface area (Å²) in [5, 5.41) is 0. The highest BCUT2D eigenvalue weighted by Gasteiger charge is 2.31. The Morgan fingerprint density at radius 1 is 1.23 bits per heavy atom. The molecule has 0 aliphatic carbocycles. The van der Waals surface area contributed by atoms with Crippen molar-refractivity contribution >= 4 is 31.2 Å². The number of anilines is 2. The van der Waals surface area contributed by atoms with Crippen molar-refractivity contribution in [3.8, 4) is 0 Å². The normalized spacial score (nSPS) is 20.7. The van der Waals surface area contributed by atoms with E-state index in [9.17, 15) is 16.8 Å². The first-order chi connectivity index (χ1) is 10.3. The van der Waals surface area contributed by atoms with Gasteiger partial charge in [0.05, 0.1) is 17.3 Å². The molecule has 22 heavy (non-hydrogen) atoms. The third-order valence-electron chi connectivity index (χ3n) is 3.84. The van der Waals surface area contributed by atoms with Gasteiger partial charge in [-0.05, 0) is 44.5 Å². The fourth-order valence-corrected chi connectivity index (χ4v) is 5.02. The van der Waals surface area contributed by atoms with E-state index in [0.29, 0.717) is 18.7 Å².